The fourth-order valence-electron chi connectivity index (χ4n) is 2.61. The number of aromatic nitrogens is 2. The van der Waals surface area contributed by atoms with Crippen molar-refractivity contribution >= 4 is 22.6 Å². The maximum atomic E-state index is 6.32. The van der Waals surface area contributed by atoms with E-state index in [0.29, 0.717) is 0 Å². The molecule has 0 bridgehead atoms. The summed E-state index contributed by atoms with van der Waals surface area (Å²) in [6, 6.07) is 16.6. The molecule has 0 saturated carbocycles. The van der Waals surface area contributed by atoms with Crippen LogP contribution in [0.3, 0.4) is 0 Å². The first-order valence-corrected chi connectivity index (χ1v) is 7.24. The Balaban J connectivity index is 2.19. The smallest absolute Gasteiger partial charge is 0.128 e. The average Bonchev–Trinajstić information content (AvgIpc) is 2.80. The Morgan fingerprint density at radius 1 is 1.10 bits per heavy atom. The highest BCUT2D eigenvalue weighted by Crippen LogP contribution is 2.27. The van der Waals surface area contributed by atoms with E-state index in [9.17, 15) is 0 Å². The van der Waals surface area contributed by atoms with Crippen molar-refractivity contribution in [1.29, 1.82) is 0 Å². The lowest BCUT2D eigenvalue weighted by molar-refractivity contribution is 0.741. The molecule has 0 radical (unpaired) electrons. The number of rotatable bonds is 3. The zero-order valence-electron chi connectivity index (χ0n) is 11.7. The van der Waals surface area contributed by atoms with Crippen molar-refractivity contribution < 1.29 is 0 Å². The number of imidazole rings is 1. The van der Waals surface area contributed by atoms with E-state index in [1.807, 2.05) is 25.1 Å². The fourth-order valence-corrected chi connectivity index (χ4v) is 2.78. The van der Waals surface area contributed by atoms with Crippen molar-refractivity contribution in [2.24, 2.45) is 0 Å². The van der Waals surface area contributed by atoms with Gasteiger partial charge in [-0.25, -0.2) is 4.98 Å². The molecule has 3 aromatic rings. The van der Waals surface area contributed by atoms with E-state index in [2.05, 4.69) is 41.8 Å². The van der Waals surface area contributed by atoms with Gasteiger partial charge in [0.1, 0.15) is 5.82 Å². The van der Waals surface area contributed by atoms with E-state index in [1.165, 1.54) is 16.6 Å². The number of hydrogen-bond acceptors (Lipinski definition) is 1. The Kier molecular flexibility index (Phi) is 3.49. The second kappa shape index (κ2) is 5.29. The van der Waals surface area contributed by atoms with Crippen LogP contribution in [0.2, 0.25) is 0 Å². The molecule has 0 aliphatic heterocycles. The first-order chi connectivity index (χ1) is 9.66. The molecule has 0 spiro atoms. The highest BCUT2D eigenvalue weighted by Gasteiger charge is 2.16. The van der Waals surface area contributed by atoms with Crippen LogP contribution in [0.15, 0.2) is 48.5 Å². The number of halogens is 1. The summed E-state index contributed by atoms with van der Waals surface area (Å²) in [5.41, 5.74) is 4.69. The van der Waals surface area contributed by atoms with Gasteiger partial charge >= 0.3 is 0 Å². The third-order valence-corrected chi connectivity index (χ3v) is 3.73. The standard InChI is InChI=1S/C17H17ClN2/c1-12-7-6-10-15-16(12)20(17(19-15)13(2)18)11-14-8-4-3-5-9-14/h3-10,13H,11H2,1-2H3. The first kappa shape index (κ1) is 13.2. The maximum absolute atomic E-state index is 6.32. The van der Waals surface area contributed by atoms with E-state index in [4.69, 9.17) is 16.6 Å². The van der Waals surface area contributed by atoms with Gasteiger partial charge in [0.15, 0.2) is 0 Å². The van der Waals surface area contributed by atoms with E-state index < -0.39 is 0 Å². The molecule has 1 unspecified atom stereocenters. The summed E-state index contributed by atoms with van der Waals surface area (Å²) < 4.78 is 2.23. The molecule has 0 fully saturated rings. The van der Waals surface area contributed by atoms with Gasteiger partial charge in [0.05, 0.1) is 16.4 Å². The van der Waals surface area contributed by atoms with E-state index in [0.717, 1.165) is 17.9 Å². The number of benzene rings is 2. The molecule has 0 N–H and O–H groups in total. The van der Waals surface area contributed by atoms with Gasteiger partial charge in [-0.05, 0) is 31.0 Å². The lowest BCUT2D eigenvalue weighted by Crippen LogP contribution is -2.06. The lowest BCUT2D eigenvalue weighted by Gasteiger charge is -2.11. The van der Waals surface area contributed by atoms with Crippen molar-refractivity contribution in [1.82, 2.24) is 9.55 Å². The third-order valence-electron chi connectivity index (χ3n) is 3.54. The molecule has 1 aromatic heterocycles. The highest BCUT2D eigenvalue weighted by atomic mass is 35.5. The summed E-state index contributed by atoms with van der Waals surface area (Å²) in [5.74, 6) is 0.930. The summed E-state index contributed by atoms with van der Waals surface area (Å²) in [5, 5.41) is -0.106. The van der Waals surface area contributed by atoms with Crippen LogP contribution in [0.25, 0.3) is 11.0 Å². The van der Waals surface area contributed by atoms with Gasteiger partial charge in [-0.15, -0.1) is 11.6 Å². The summed E-state index contributed by atoms with van der Waals surface area (Å²) in [4.78, 5) is 4.70. The largest absolute Gasteiger partial charge is 0.322 e. The average molecular weight is 285 g/mol. The summed E-state index contributed by atoms with van der Waals surface area (Å²) >= 11 is 6.32. The van der Waals surface area contributed by atoms with Gasteiger partial charge in [0.25, 0.3) is 0 Å². The Morgan fingerprint density at radius 2 is 1.85 bits per heavy atom. The second-order valence-electron chi connectivity index (χ2n) is 5.10. The molecule has 0 aliphatic carbocycles. The zero-order chi connectivity index (χ0) is 14.1. The molecule has 0 aliphatic rings. The molecule has 102 valence electrons. The predicted octanol–water partition coefficient (Wildman–Crippen LogP) is 4.69. The van der Waals surface area contributed by atoms with Crippen molar-refractivity contribution in [3.05, 3.63) is 65.5 Å². The number of nitrogens with zero attached hydrogens (tertiary/aromatic N) is 2. The number of aryl methyl sites for hydroxylation is 1. The SMILES string of the molecule is Cc1cccc2nc(C(C)Cl)n(Cc3ccccc3)c12. The van der Waals surface area contributed by atoms with Crippen LogP contribution in [0.5, 0.6) is 0 Å². The third kappa shape index (κ3) is 2.32. The zero-order valence-corrected chi connectivity index (χ0v) is 12.4. The predicted molar refractivity (Wildman–Crippen MR) is 84.3 cm³/mol. The van der Waals surface area contributed by atoms with Crippen molar-refractivity contribution in [3.63, 3.8) is 0 Å². The van der Waals surface area contributed by atoms with Crippen molar-refractivity contribution in [3.8, 4) is 0 Å². The molecule has 1 atom stereocenters. The van der Waals surface area contributed by atoms with Crippen LogP contribution in [0.1, 0.15) is 29.3 Å². The minimum absolute atomic E-state index is 0.106. The number of alkyl halides is 1. The van der Waals surface area contributed by atoms with Crippen LogP contribution in [-0.4, -0.2) is 9.55 Å². The fraction of sp³-hybridized carbons (Fsp3) is 0.235. The van der Waals surface area contributed by atoms with Crippen LogP contribution in [0.4, 0.5) is 0 Å². The van der Waals surface area contributed by atoms with Gasteiger partial charge in [-0.1, -0.05) is 42.5 Å². The Morgan fingerprint density at radius 3 is 2.55 bits per heavy atom. The van der Waals surface area contributed by atoms with Gasteiger partial charge in [0, 0.05) is 6.54 Å². The summed E-state index contributed by atoms with van der Waals surface area (Å²) in [6.45, 7) is 4.89. The normalized spacial score (nSPS) is 12.8. The Labute approximate surface area is 124 Å². The minimum atomic E-state index is -0.106. The molecule has 3 rings (SSSR count). The first-order valence-electron chi connectivity index (χ1n) is 6.80. The number of fused-ring (bicyclic) bond motifs is 1. The van der Waals surface area contributed by atoms with Crippen molar-refractivity contribution in [2.45, 2.75) is 25.8 Å². The van der Waals surface area contributed by atoms with Crippen LogP contribution in [-0.2, 0) is 6.54 Å². The summed E-state index contributed by atoms with van der Waals surface area (Å²) in [6.07, 6.45) is 0. The van der Waals surface area contributed by atoms with Crippen LogP contribution < -0.4 is 0 Å². The molecule has 3 heteroatoms. The highest BCUT2D eigenvalue weighted by molar-refractivity contribution is 6.20. The molecule has 2 aromatic carbocycles. The lowest BCUT2D eigenvalue weighted by atomic mass is 10.2. The minimum Gasteiger partial charge on any atom is -0.322 e. The van der Waals surface area contributed by atoms with Gasteiger partial charge in [-0.3, -0.25) is 0 Å². The Bertz CT molecular complexity index is 729. The maximum Gasteiger partial charge on any atom is 0.128 e. The molecule has 0 saturated heterocycles. The molecule has 20 heavy (non-hydrogen) atoms. The van der Waals surface area contributed by atoms with Crippen molar-refractivity contribution in [2.75, 3.05) is 0 Å². The van der Waals surface area contributed by atoms with E-state index in [1.54, 1.807) is 0 Å². The molecular formula is C17H17ClN2. The molecule has 1 heterocycles. The Hall–Kier alpha value is -1.80. The van der Waals surface area contributed by atoms with Gasteiger partial charge < -0.3 is 4.57 Å². The van der Waals surface area contributed by atoms with Gasteiger partial charge in [0.2, 0.25) is 0 Å². The summed E-state index contributed by atoms with van der Waals surface area (Å²) in [7, 11) is 0. The van der Waals surface area contributed by atoms with Crippen LogP contribution in [0, 0.1) is 6.92 Å². The van der Waals surface area contributed by atoms with Gasteiger partial charge in [-0.2, -0.15) is 0 Å². The molecule has 2 nitrogen and oxygen atoms in total. The molecular weight excluding hydrogens is 268 g/mol. The number of para-hydroxylation sites is 1. The number of hydrogen-bond donors (Lipinski definition) is 0. The quantitative estimate of drug-likeness (QED) is 0.638. The monoisotopic (exact) mass is 284 g/mol. The second-order valence-corrected chi connectivity index (χ2v) is 5.76. The topological polar surface area (TPSA) is 17.8 Å². The van der Waals surface area contributed by atoms with E-state index in [-0.39, 0.29) is 5.38 Å². The van der Waals surface area contributed by atoms with Crippen LogP contribution >= 0.6 is 11.6 Å². The molecule has 0 amide bonds. The van der Waals surface area contributed by atoms with E-state index >= 15 is 0 Å².